The Morgan fingerprint density at radius 3 is 2.60 bits per heavy atom. The van der Waals surface area contributed by atoms with Crippen LogP contribution in [0.1, 0.15) is 31.1 Å². The first-order chi connectivity index (χ1) is 16.5. The summed E-state index contributed by atoms with van der Waals surface area (Å²) in [5.74, 6) is 2.37. The Morgan fingerprint density at radius 2 is 1.91 bits per heavy atom. The fourth-order valence-electron chi connectivity index (χ4n) is 4.08. The third kappa shape index (κ3) is 6.34. The predicted molar refractivity (Wildman–Crippen MR) is 150 cm³/mol. The highest BCUT2D eigenvalue weighted by Crippen LogP contribution is 2.30. The number of hydrogen-bond acceptors (Lipinski definition) is 6. The fraction of sp³-hybridized carbons (Fsp3) is 0.519. The van der Waals surface area contributed by atoms with Gasteiger partial charge >= 0.3 is 0 Å². The Morgan fingerprint density at radius 1 is 1.17 bits per heavy atom. The third-order valence-corrected chi connectivity index (χ3v) is 8.88. The lowest BCUT2D eigenvalue weighted by atomic mass is 9.87. The molecule has 1 saturated heterocycles. The smallest absolute Gasteiger partial charge is 0.171 e. The zero-order chi connectivity index (χ0) is 25.2. The monoisotopic (exact) mass is 510 g/mol. The van der Waals surface area contributed by atoms with Gasteiger partial charge in [0.25, 0.3) is 0 Å². The van der Waals surface area contributed by atoms with Crippen LogP contribution in [0.5, 0.6) is 0 Å². The second-order valence-electron chi connectivity index (χ2n) is 11.5. The summed E-state index contributed by atoms with van der Waals surface area (Å²) in [6, 6.07) is 9.60. The number of nitrogens with zero attached hydrogens (tertiary/aromatic N) is 4. The molecule has 6 nitrogen and oxygen atoms in total. The molecule has 4 rings (SSSR count). The van der Waals surface area contributed by atoms with Gasteiger partial charge in [0.1, 0.15) is 12.2 Å². The van der Waals surface area contributed by atoms with Crippen LogP contribution in [0.2, 0.25) is 25.7 Å². The summed E-state index contributed by atoms with van der Waals surface area (Å²) in [4.78, 5) is 25.5. The lowest BCUT2D eigenvalue weighted by molar-refractivity contribution is 0.0849. The number of thioether (sulfide) groups is 1. The van der Waals surface area contributed by atoms with Crippen LogP contribution in [-0.4, -0.2) is 59.6 Å². The van der Waals surface area contributed by atoms with Gasteiger partial charge in [-0.3, -0.25) is 4.79 Å². The predicted octanol–water partition coefficient (Wildman–Crippen LogP) is 6.19. The quantitative estimate of drug-likeness (QED) is 0.204. The molecule has 188 valence electrons. The van der Waals surface area contributed by atoms with Crippen molar-refractivity contribution in [2.45, 2.75) is 53.2 Å². The normalized spacial score (nSPS) is 15.1. The molecule has 0 atom stereocenters. The maximum absolute atomic E-state index is 13.3. The van der Waals surface area contributed by atoms with E-state index < -0.39 is 13.5 Å². The van der Waals surface area contributed by atoms with Crippen molar-refractivity contribution in [1.29, 1.82) is 0 Å². The first kappa shape index (κ1) is 25.9. The number of aromatic nitrogens is 3. The van der Waals surface area contributed by atoms with Crippen molar-refractivity contribution in [3.05, 3.63) is 42.2 Å². The van der Waals surface area contributed by atoms with Gasteiger partial charge in [-0.2, -0.15) is 11.8 Å². The molecule has 8 heteroatoms. The average molecular weight is 511 g/mol. The molecule has 0 saturated carbocycles. The Kier molecular flexibility index (Phi) is 7.73. The van der Waals surface area contributed by atoms with Crippen LogP contribution in [0.25, 0.3) is 22.4 Å². The Labute approximate surface area is 214 Å². The maximum Gasteiger partial charge on any atom is 0.171 e. The number of ether oxygens (including phenoxy) is 1. The summed E-state index contributed by atoms with van der Waals surface area (Å²) >= 11 is 2.01. The number of carbonyl (C=O) groups excluding carboxylic acids is 1. The average Bonchev–Trinajstić information content (AvgIpc) is 3.18. The van der Waals surface area contributed by atoms with Crippen LogP contribution in [0.4, 0.5) is 5.69 Å². The Bertz CT molecular complexity index is 1190. The van der Waals surface area contributed by atoms with Crippen LogP contribution in [-0.2, 0) is 11.5 Å². The highest BCUT2D eigenvalue weighted by atomic mass is 32.2. The molecule has 0 N–H and O–H groups in total. The van der Waals surface area contributed by atoms with Gasteiger partial charge in [0.15, 0.2) is 11.4 Å². The topological polar surface area (TPSA) is 60.3 Å². The van der Waals surface area contributed by atoms with E-state index in [1.54, 1.807) is 0 Å². The molecule has 1 aromatic carbocycles. The number of hydrogen-bond donors (Lipinski definition) is 0. The maximum atomic E-state index is 13.3. The summed E-state index contributed by atoms with van der Waals surface area (Å²) in [6.07, 6.45) is 3.69. The number of fused-ring (bicyclic) bond motifs is 1. The van der Waals surface area contributed by atoms with Gasteiger partial charge in [0.05, 0.1) is 17.5 Å². The SMILES string of the molecule is CC(C)(C)C(=O)c1cn(COCC[Si](C)(C)C)c2ncc(-c3cccc(N4CCSCC4)c3)nc12. The molecule has 2 aromatic heterocycles. The van der Waals surface area contributed by atoms with Gasteiger partial charge in [0.2, 0.25) is 0 Å². The standard InChI is InChI=1S/C27H38N4O2SSi/c1-27(2,3)25(32)22-18-31(19-33-12-15-35(4,5)6)26-24(22)29-23(17-28-26)20-8-7-9-21(16-20)30-10-13-34-14-11-30/h7-9,16-18H,10-15,19H2,1-6H3. The number of anilines is 1. The number of rotatable bonds is 8. The van der Waals surface area contributed by atoms with Crippen LogP contribution in [0.15, 0.2) is 36.7 Å². The molecule has 0 amide bonds. The molecule has 1 aliphatic rings. The molecule has 0 unspecified atom stereocenters. The minimum atomic E-state index is -1.17. The van der Waals surface area contributed by atoms with Crippen molar-refractivity contribution in [1.82, 2.24) is 14.5 Å². The second-order valence-corrected chi connectivity index (χ2v) is 18.4. The lowest BCUT2D eigenvalue weighted by Gasteiger charge is -2.28. The van der Waals surface area contributed by atoms with Gasteiger partial charge < -0.3 is 14.2 Å². The third-order valence-electron chi connectivity index (χ3n) is 6.24. The molecule has 0 spiro atoms. The van der Waals surface area contributed by atoms with E-state index in [4.69, 9.17) is 14.7 Å². The largest absolute Gasteiger partial charge is 0.370 e. The van der Waals surface area contributed by atoms with E-state index in [1.165, 1.54) is 5.69 Å². The zero-order valence-corrected chi connectivity index (χ0v) is 23.7. The van der Waals surface area contributed by atoms with Crippen molar-refractivity contribution in [2.75, 3.05) is 36.1 Å². The van der Waals surface area contributed by atoms with E-state index in [0.717, 1.165) is 41.9 Å². The summed E-state index contributed by atoms with van der Waals surface area (Å²) in [5.41, 5.74) is 4.45. The summed E-state index contributed by atoms with van der Waals surface area (Å²) in [6.45, 7) is 16.1. The molecule has 1 fully saturated rings. The van der Waals surface area contributed by atoms with E-state index >= 15 is 0 Å². The minimum absolute atomic E-state index is 0.0642. The molecular weight excluding hydrogens is 472 g/mol. The molecule has 1 aliphatic heterocycles. The van der Waals surface area contributed by atoms with Crippen LogP contribution in [0.3, 0.4) is 0 Å². The van der Waals surface area contributed by atoms with E-state index in [2.05, 4.69) is 48.8 Å². The highest BCUT2D eigenvalue weighted by molar-refractivity contribution is 7.99. The van der Waals surface area contributed by atoms with Gasteiger partial charge in [-0.15, -0.1) is 0 Å². The Hall–Kier alpha value is -2.16. The number of carbonyl (C=O) groups is 1. The van der Waals surface area contributed by atoms with Crippen LogP contribution >= 0.6 is 11.8 Å². The van der Waals surface area contributed by atoms with Crippen molar-refractivity contribution in [3.8, 4) is 11.3 Å². The highest BCUT2D eigenvalue weighted by Gasteiger charge is 2.28. The van der Waals surface area contributed by atoms with E-state index in [9.17, 15) is 4.79 Å². The fourth-order valence-corrected chi connectivity index (χ4v) is 5.74. The van der Waals surface area contributed by atoms with Crippen LogP contribution in [0, 0.1) is 5.41 Å². The van der Waals surface area contributed by atoms with E-state index in [-0.39, 0.29) is 5.78 Å². The molecule has 3 aromatic rings. The van der Waals surface area contributed by atoms with Crippen molar-refractivity contribution in [3.63, 3.8) is 0 Å². The van der Waals surface area contributed by atoms with Gasteiger partial charge in [0, 0.05) is 62.1 Å². The number of benzene rings is 1. The van der Waals surface area contributed by atoms with E-state index in [0.29, 0.717) is 30.1 Å². The minimum Gasteiger partial charge on any atom is -0.370 e. The van der Waals surface area contributed by atoms with Crippen molar-refractivity contribution in [2.24, 2.45) is 5.41 Å². The number of Topliss-reactive ketones (excluding diaryl/α,β-unsaturated/α-hetero) is 1. The van der Waals surface area contributed by atoms with Gasteiger partial charge in [-0.05, 0) is 18.2 Å². The summed E-state index contributed by atoms with van der Waals surface area (Å²) in [7, 11) is -1.17. The molecule has 0 aliphatic carbocycles. The first-order valence-corrected chi connectivity index (χ1v) is 17.3. The van der Waals surface area contributed by atoms with Crippen LogP contribution < -0.4 is 4.90 Å². The summed E-state index contributed by atoms with van der Waals surface area (Å²) < 4.78 is 7.92. The number of ketones is 1. The summed E-state index contributed by atoms with van der Waals surface area (Å²) in [5, 5.41) is 0. The first-order valence-electron chi connectivity index (χ1n) is 12.4. The van der Waals surface area contributed by atoms with E-state index in [1.807, 2.05) is 49.5 Å². The molecule has 35 heavy (non-hydrogen) atoms. The Balaban J connectivity index is 1.68. The van der Waals surface area contributed by atoms with Gasteiger partial charge in [-0.1, -0.05) is 52.5 Å². The lowest BCUT2D eigenvalue weighted by Crippen LogP contribution is -2.32. The molecule has 0 radical (unpaired) electrons. The molecule has 3 heterocycles. The van der Waals surface area contributed by atoms with Crippen molar-refractivity contribution >= 4 is 42.5 Å². The zero-order valence-electron chi connectivity index (χ0n) is 21.9. The molecular formula is C27H38N4O2SSi. The van der Waals surface area contributed by atoms with Gasteiger partial charge in [-0.25, -0.2) is 9.97 Å². The second kappa shape index (κ2) is 10.4. The van der Waals surface area contributed by atoms with Crippen molar-refractivity contribution < 1.29 is 9.53 Å². The molecule has 0 bridgehead atoms.